The van der Waals surface area contributed by atoms with Crippen LogP contribution in [-0.2, 0) is 50.1 Å². The number of nitrogens with zero attached hydrogens (tertiary/aromatic N) is 3. The Kier molecular flexibility index (Phi) is 9.29. The molecule has 1 saturated carbocycles. The zero-order chi connectivity index (χ0) is 29.1. The lowest BCUT2D eigenvalue weighted by molar-refractivity contribution is -0.118. The second-order valence-electron chi connectivity index (χ2n) is 10.5. The highest BCUT2D eigenvalue weighted by Crippen LogP contribution is 2.46. The number of carboxylic acid groups (broad SMARTS) is 1. The molecule has 1 aliphatic heterocycles. The van der Waals surface area contributed by atoms with Gasteiger partial charge in [-0.25, -0.2) is 17.4 Å². The van der Waals surface area contributed by atoms with Crippen molar-refractivity contribution < 1.29 is 41.3 Å². The molecule has 1 unspecified atom stereocenters. The normalized spacial score (nSPS) is 23.2. The number of nitrogens with one attached hydrogen (secondary N) is 1. The minimum atomic E-state index is -3.94. The largest absolute Gasteiger partial charge is 0.465 e. The van der Waals surface area contributed by atoms with Crippen molar-refractivity contribution >= 4 is 33.1 Å². The Morgan fingerprint density at radius 2 is 1.95 bits per heavy atom. The van der Waals surface area contributed by atoms with Crippen LogP contribution in [0.15, 0.2) is 30.3 Å². The quantitative estimate of drug-likeness (QED) is 0.305. The van der Waals surface area contributed by atoms with E-state index in [9.17, 15) is 27.3 Å². The summed E-state index contributed by atoms with van der Waals surface area (Å²) in [6.45, 7) is 2.35. The van der Waals surface area contributed by atoms with Crippen LogP contribution in [0, 0.1) is 5.41 Å². The Morgan fingerprint density at radius 3 is 2.58 bits per heavy atom. The fourth-order valence-electron chi connectivity index (χ4n) is 5.30. The average molecular weight is 599 g/mol. The van der Waals surface area contributed by atoms with Gasteiger partial charge >= 0.3 is 6.09 Å². The Hall–Kier alpha value is -2.85. The van der Waals surface area contributed by atoms with Gasteiger partial charge in [0.2, 0.25) is 0 Å². The molecule has 220 valence electrons. The summed E-state index contributed by atoms with van der Waals surface area (Å²) < 4.78 is 57.2. The number of aromatic nitrogens is 2. The number of benzene rings is 1. The van der Waals surface area contributed by atoms with Crippen molar-refractivity contribution in [2.75, 3.05) is 25.3 Å². The molecule has 0 radical (unpaired) electrons. The van der Waals surface area contributed by atoms with Gasteiger partial charge in [0.25, 0.3) is 15.9 Å². The summed E-state index contributed by atoms with van der Waals surface area (Å²) in [7, 11) is -3.94. The first-order chi connectivity index (χ1) is 18.9. The standard InChI is InChI=1S/C25H34N4O9S2/c1-17-10-21-20(13-28(17)24(31)32)22(29(27-21)40(2,35)36)23(30)26-9-8-25(15-37-16-39(33)34)11-19(12-25)38-14-18-6-4-3-5-7-18/h3-7,17,19H,8-16H2,1-2H3,(H,26,30)(H,31,32)(H,33,34)/t17-,19?,25?/m1/s1. The van der Waals surface area contributed by atoms with Crippen molar-refractivity contribution in [2.24, 2.45) is 5.41 Å². The predicted molar refractivity (Wildman–Crippen MR) is 144 cm³/mol. The van der Waals surface area contributed by atoms with Gasteiger partial charge in [-0.2, -0.15) is 9.19 Å². The Bertz CT molecular complexity index is 1360. The van der Waals surface area contributed by atoms with Gasteiger partial charge in [0.1, 0.15) is 11.6 Å². The van der Waals surface area contributed by atoms with Crippen LogP contribution in [0.25, 0.3) is 0 Å². The van der Waals surface area contributed by atoms with Crippen molar-refractivity contribution in [3.8, 4) is 0 Å². The molecule has 1 aromatic heterocycles. The number of hydrogen-bond acceptors (Lipinski definition) is 8. The predicted octanol–water partition coefficient (Wildman–Crippen LogP) is 1.80. The van der Waals surface area contributed by atoms with Gasteiger partial charge in [-0.1, -0.05) is 30.3 Å². The lowest BCUT2D eigenvalue weighted by Crippen LogP contribution is -2.47. The highest BCUT2D eigenvalue weighted by atomic mass is 32.2. The van der Waals surface area contributed by atoms with Crippen molar-refractivity contribution in [1.29, 1.82) is 0 Å². The van der Waals surface area contributed by atoms with E-state index in [-0.39, 0.29) is 49.4 Å². The van der Waals surface area contributed by atoms with E-state index >= 15 is 0 Å². The topological polar surface area (TPSA) is 177 Å². The van der Waals surface area contributed by atoms with E-state index in [1.54, 1.807) is 6.92 Å². The van der Waals surface area contributed by atoms with E-state index in [0.717, 1.165) is 16.7 Å². The van der Waals surface area contributed by atoms with Gasteiger partial charge < -0.3 is 29.3 Å². The Balaban J connectivity index is 1.43. The second kappa shape index (κ2) is 12.3. The number of hydrogen-bond donors (Lipinski definition) is 3. The molecule has 4 rings (SSSR count). The van der Waals surface area contributed by atoms with Crippen LogP contribution in [0.2, 0.25) is 0 Å². The molecule has 2 atom stereocenters. The molecule has 40 heavy (non-hydrogen) atoms. The average Bonchev–Trinajstić information content (AvgIpc) is 3.24. The van der Waals surface area contributed by atoms with Gasteiger partial charge in [0.05, 0.1) is 37.8 Å². The fraction of sp³-hybridized carbons (Fsp3) is 0.560. The van der Waals surface area contributed by atoms with Crippen molar-refractivity contribution in [2.45, 2.75) is 57.9 Å². The molecule has 3 N–H and O–H groups in total. The number of ether oxygens (including phenoxy) is 2. The number of fused-ring (bicyclic) bond motifs is 1. The Morgan fingerprint density at radius 1 is 1.25 bits per heavy atom. The number of carbonyl (C=O) groups is 2. The summed E-state index contributed by atoms with van der Waals surface area (Å²) in [4.78, 5) is 26.1. The van der Waals surface area contributed by atoms with Crippen LogP contribution in [0.5, 0.6) is 0 Å². The van der Waals surface area contributed by atoms with Crippen molar-refractivity contribution in [3.63, 3.8) is 0 Å². The van der Waals surface area contributed by atoms with Crippen molar-refractivity contribution in [1.82, 2.24) is 19.4 Å². The van der Waals surface area contributed by atoms with E-state index in [2.05, 4.69) is 10.4 Å². The van der Waals surface area contributed by atoms with E-state index < -0.39 is 44.6 Å². The molecule has 2 aromatic rings. The second-order valence-corrected chi connectivity index (χ2v) is 13.2. The highest BCUT2D eigenvalue weighted by Gasteiger charge is 2.45. The molecule has 0 spiro atoms. The van der Waals surface area contributed by atoms with Crippen LogP contribution < -0.4 is 5.32 Å². The minimum Gasteiger partial charge on any atom is -0.465 e. The summed E-state index contributed by atoms with van der Waals surface area (Å²) in [5, 5.41) is 16.5. The molecule has 1 fully saturated rings. The van der Waals surface area contributed by atoms with Crippen LogP contribution in [-0.4, -0.2) is 85.9 Å². The lowest BCUT2D eigenvalue weighted by atomic mass is 9.65. The number of carbonyl (C=O) groups excluding carboxylic acids is 1. The monoisotopic (exact) mass is 598 g/mol. The van der Waals surface area contributed by atoms with Gasteiger partial charge in [-0.3, -0.25) is 4.79 Å². The lowest BCUT2D eigenvalue weighted by Gasteiger charge is -2.47. The molecule has 15 heteroatoms. The fourth-order valence-corrected chi connectivity index (χ4v) is 6.30. The molecule has 13 nitrogen and oxygen atoms in total. The van der Waals surface area contributed by atoms with E-state index in [1.807, 2.05) is 30.3 Å². The van der Waals surface area contributed by atoms with Crippen LogP contribution >= 0.6 is 0 Å². The maximum absolute atomic E-state index is 13.3. The van der Waals surface area contributed by atoms with E-state index in [4.69, 9.17) is 14.0 Å². The number of rotatable bonds is 12. The molecular weight excluding hydrogens is 564 g/mol. The molecule has 2 amide bonds. The van der Waals surface area contributed by atoms with Crippen LogP contribution in [0.4, 0.5) is 4.79 Å². The zero-order valence-corrected chi connectivity index (χ0v) is 23.9. The summed E-state index contributed by atoms with van der Waals surface area (Å²) in [6, 6.07) is 9.31. The maximum Gasteiger partial charge on any atom is 0.407 e. The zero-order valence-electron chi connectivity index (χ0n) is 22.3. The SMILES string of the molecule is C[C@@H]1Cc2nn(S(C)(=O)=O)c(C(=O)NCCC3(COCS(=O)O)CC(OCc4ccccc4)C3)c2CN1C(=O)O. The molecule has 2 heterocycles. The molecular formula is C25H34N4O9S2. The van der Waals surface area contributed by atoms with Crippen LogP contribution in [0.3, 0.4) is 0 Å². The first-order valence-electron chi connectivity index (χ1n) is 12.8. The summed E-state index contributed by atoms with van der Waals surface area (Å²) in [5.41, 5.74) is 1.08. The molecule has 1 aromatic carbocycles. The van der Waals surface area contributed by atoms with Gasteiger partial charge in [0, 0.05) is 30.0 Å². The summed E-state index contributed by atoms with van der Waals surface area (Å²) in [5.74, 6) is -1.01. The van der Waals surface area contributed by atoms with Crippen molar-refractivity contribution in [3.05, 3.63) is 52.8 Å². The maximum atomic E-state index is 13.3. The van der Waals surface area contributed by atoms with Gasteiger partial charge in [-0.05, 0) is 31.7 Å². The summed E-state index contributed by atoms with van der Waals surface area (Å²) in [6.07, 6.45) is 1.60. The molecule has 2 aliphatic rings. The first-order valence-corrected chi connectivity index (χ1v) is 15.9. The van der Waals surface area contributed by atoms with Gasteiger partial charge in [-0.15, -0.1) is 0 Å². The minimum absolute atomic E-state index is 0.0400. The molecule has 0 saturated heterocycles. The smallest absolute Gasteiger partial charge is 0.407 e. The third-order valence-corrected chi connectivity index (χ3v) is 8.61. The molecule has 0 bridgehead atoms. The Labute approximate surface area is 235 Å². The first kappa shape index (κ1) is 30.1. The highest BCUT2D eigenvalue weighted by molar-refractivity contribution is 7.89. The summed E-state index contributed by atoms with van der Waals surface area (Å²) >= 11 is -2.11. The third kappa shape index (κ3) is 7.07. The number of amides is 2. The van der Waals surface area contributed by atoms with E-state index in [0.29, 0.717) is 35.7 Å². The van der Waals surface area contributed by atoms with Crippen LogP contribution in [0.1, 0.15) is 53.5 Å². The molecule has 1 aliphatic carbocycles. The van der Waals surface area contributed by atoms with E-state index in [1.165, 1.54) is 0 Å². The van der Waals surface area contributed by atoms with Gasteiger partial charge in [0.15, 0.2) is 11.1 Å². The third-order valence-electron chi connectivity index (χ3n) is 7.34.